The van der Waals surface area contributed by atoms with E-state index in [2.05, 4.69) is 26.0 Å². The summed E-state index contributed by atoms with van der Waals surface area (Å²) in [6.45, 7) is 3.62. The molecule has 0 saturated heterocycles. The zero-order chi connectivity index (χ0) is 17.9. The van der Waals surface area contributed by atoms with Gasteiger partial charge in [-0.1, -0.05) is 28.9 Å². The minimum atomic E-state index is -3.78. The number of amides is 1. The first-order chi connectivity index (χ1) is 11.2. The molecule has 2 aromatic rings. The molecule has 24 heavy (non-hydrogen) atoms. The Morgan fingerprint density at radius 1 is 1.21 bits per heavy atom. The number of carbonyl (C=O) groups excluding carboxylic acids is 1. The van der Waals surface area contributed by atoms with E-state index < -0.39 is 21.7 Å². The van der Waals surface area contributed by atoms with Crippen molar-refractivity contribution in [2.75, 3.05) is 11.9 Å². The van der Waals surface area contributed by atoms with Crippen molar-refractivity contribution in [2.24, 2.45) is 0 Å². The van der Waals surface area contributed by atoms with Gasteiger partial charge < -0.3 is 5.32 Å². The molecule has 5 nitrogen and oxygen atoms in total. The second kappa shape index (κ2) is 7.42. The average Bonchev–Trinajstić information content (AvgIpc) is 2.51. The number of hydrogen-bond donors (Lipinski definition) is 2. The SMILES string of the molecule is CCNS(=O)(=O)c1ccc(F)c(C(=O)Nc2cc(Br)ccc2C)c1. The van der Waals surface area contributed by atoms with E-state index in [0.29, 0.717) is 5.69 Å². The monoisotopic (exact) mass is 414 g/mol. The maximum Gasteiger partial charge on any atom is 0.258 e. The van der Waals surface area contributed by atoms with E-state index >= 15 is 0 Å². The van der Waals surface area contributed by atoms with E-state index in [1.807, 2.05) is 6.07 Å². The van der Waals surface area contributed by atoms with Gasteiger partial charge in [-0.2, -0.15) is 0 Å². The number of benzene rings is 2. The minimum Gasteiger partial charge on any atom is -0.322 e. The van der Waals surface area contributed by atoms with Gasteiger partial charge in [0.1, 0.15) is 5.82 Å². The highest BCUT2D eigenvalue weighted by molar-refractivity contribution is 9.10. The van der Waals surface area contributed by atoms with Crippen LogP contribution in [0, 0.1) is 12.7 Å². The molecule has 8 heteroatoms. The van der Waals surface area contributed by atoms with Crippen molar-refractivity contribution in [2.45, 2.75) is 18.7 Å². The van der Waals surface area contributed by atoms with Crippen LogP contribution in [-0.2, 0) is 10.0 Å². The third kappa shape index (κ3) is 4.19. The van der Waals surface area contributed by atoms with Crippen molar-refractivity contribution >= 4 is 37.5 Å². The predicted octanol–water partition coefficient (Wildman–Crippen LogP) is 3.45. The van der Waals surface area contributed by atoms with Crippen LogP contribution in [0.3, 0.4) is 0 Å². The lowest BCUT2D eigenvalue weighted by atomic mass is 10.1. The van der Waals surface area contributed by atoms with Gasteiger partial charge in [0.2, 0.25) is 10.0 Å². The van der Waals surface area contributed by atoms with Crippen molar-refractivity contribution in [1.29, 1.82) is 0 Å². The molecule has 0 unspecified atom stereocenters. The Balaban J connectivity index is 2.37. The normalized spacial score (nSPS) is 11.3. The van der Waals surface area contributed by atoms with Crippen molar-refractivity contribution in [3.8, 4) is 0 Å². The van der Waals surface area contributed by atoms with Gasteiger partial charge in [0.15, 0.2) is 0 Å². The first-order valence-electron chi connectivity index (χ1n) is 7.11. The molecule has 0 aromatic heterocycles. The van der Waals surface area contributed by atoms with E-state index in [9.17, 15) is 17.6 Å². The largest absolute Gasteiger partial charge is 0.322 e. The lowest BCUT2D eigenvalue weighted by molar-refractivity contribution is 0.102. The van der Waals surface area contributed by atoms with Gasteiger partial charge in [-0.15, -0.1) is 0 Å². The second-order valence-electron chi connectivity index (χ2n) is 5.06. The van der Waals surface area contributed by atoms with Crippen LogP contribution in [0.15, 0.2) is 45.8 Å². The smallest absolute Gasteiger partial charge is 0.258 e. The maximum atomic E-state index is 14.0. The van der Waals surface area contributed by atoms with Crippen molar-refractivity contribution in [3.63, 3.8) is 0 Å². The van der Waals surface area contributed by atoms with Crippen LogP contribution in [0.25, 0.3) is 0 Å². The average molecular weight is 415 g/mol. The first kappa shape index (κ1) is 18.6. The molecule has 0 aliphatic heterocycles. The van der Waals surface area contributed by atoms with Crippen molar-refractivity contribution < 1.29 is 17.6 Å². The molecular formula is C16H16BrFN2O3S. The molecule has 2 N–H and O–H groups in total. The van der Waals surface area contributed by atoms with E-state index in [1.54, 1.807) is 26.0 Å². The number of hydrogen-bond acceptors (Lipinski definition) is 3. The van der Waals surface area contributed by atoms with Crippen LogP contribution in [0.2, 0.25) is 0 Å². The number of sulfonamides is 1. The fraction of sp³-hybridized carbons (Fsp3) is 0.188. The summed E-state index contributed by atoms with van der Waals surface area (Å²) in [6.07, 6.45) is 0. The Morgan fingerprint density at radius 2 is 1.92 bits per heavy atom. The Morgan fingerprint density at radius 3 is 2.58 bits per heavy atom. The molecule has 128 valence electrons. The van der Waals surface area contributed by atoms with E-state index in [4.69, 9.17) is 0 Å². The van der Waals surface area contributed by atoms with E-state index in [1.165, 1.54) is 0 Å². The molecule has 2 rings (SSSR count). The molecule has 0 spiro atoms. The number of anilines is 1. The van der Waals surface area contributed by atoms with E-state index in [0.717, 1.165) is 28.2 Å². The van der Waals surface area contributed by atoms with Gasteiger partial charge in [-0.25, -0.2) is 17.5 Å². The molecule has 2 aromatic carbocycles. The highest BCUT2D eigenvalue weighted by Crippen LogP contribution is 2.22. The molecule has 0 atom stereocenters. The molecule has 1 amide bonds. The standard InChI is InChI=1S/C16H16BrFN2O3S/c1-3-19-24(22,23)12-6-7-14(18)13(9-12)16(21)20-15-8-11(17)5-4-10(15)2/h4-9,19H,3H2,1-2H3,(H,20,21). The zero-order valence-electron chi connectivity index (χ0n) is 13.1. The molecule has 0 aliphatic rings. The summed E-state index contributed by atoms with van der Waals surface area (Å²) in [5.74, 6) is -1.52. The molecule has 0 saturated carbocycles. The fourth-order valence-electron chi connectivity index (χ4n) is 2.04. The van der Waals surface area contributed by atoms with Gasteiger partial charge in [0, 0.05) is 16.7 Å². The predicted molar refractivity (Wildman–Crippen MR) is 94.1 cm³/mol. The van der Waals surface area contributed by atoms with Crippen LogP contribution < -0.4 is 10.0 Å². The maximum absolute atomic E-state index is 14.0. The molecule has 0 radical (unpaired) electrons. The third-order valence-electron chi connectivity index (χ3n) is 3.27. The number of carbonyl (C=O) groups is 1. The number of nitrogens with one attached hydrogen (secondary N) is 2. The highest BCUT2D eigenvalue weighted by atomic mass is 79.9. The van der Waals surface area contributed by atoms with Gasteiger partial charge >= 0.3 is 0 Å². The second-order valence-corrected chi connectivity index (χ2v) is 7.74. The van der Waals surface area contributed by atoms with Crippen molar-refractivity contribution in [1.82, 2.24) is 4.72 Å². The molecule has 0 fully saturated rings. The minimum absolute atomic E-state index is 0.165. The fourth-order valence-corrected chi connectivity index (χ4v) is 3.47. The van der Waals surface area contributed by atoms with Gasteiger partial charge in [0.05, 0.1) is 10.5 Å². The summed E-state index contributed by atoms with van der Waals surface area (Å²) >= 11 is 3.30. The summed E-state index contributed by atoms with van der Waals surface area (Å²) in [6, 6.07) is 8.40. The summed E-state index contributed by atoms with van der Waals surface area (Å²) in [5, 5.41) is 2.59. The van der Waals surface area contributed by atoms with Crippen LogP contribution in [0.4, 0.5) is 10.1 Å². The first-order valence-corrected chi connectivity index (χ1v) is 9.39. The quantitative estimate of drug-likeness (QED) is 0.786. The van der Waals surface area contributed by atoms with Crippen LogP contribution in [0.5, 0.6) is 0 Å². The van der Waals surface area contributed by atoms with Gasteiger partial charge in [0.25, 0.3) is 5.91 Å². The van der Waals surface area contributed by atoms with Gasteiger partial charge in [-0.3, -0.25) is 4.79 Å². The molecule has 0 aliphatic carbocycles. The van der Waals surface area contributed by atoms with Crippen LogP contribution in [0.1, 0.15) is 22.8 Å². The summed E-state index contributed by atoms with van der Waals surface area (Å²) in [7, 11) is -3.78. The summed E-state index contributed by atoms with van der Waals surface area (Å²) in [4.78, 5) is 12.2. The number of halogens is 2. The topological polar surface area (TPSA) is 75.3 Å². The molecule has 0 bridgehead atoms. The van der Waals surface area contributed by atoms with Crippen LogP contribution >= 0.6 is 15.9 Å². The zero-order valence-corrected chi connectivity index (χ0v) is 15.5. The number of aryl methyl sites for hydroxylation is 1. The van der Waals surface area contributed by atoms with Crippen LogP contribution in [-0.4, -0.2) is 20.9 Å². The van der Waals surface area contributed by atoms with Crippen molar-refractivity contribution in [3.05, 3.63) is 57.8 Å². The Kier molecular flexibility index (Phi) is 5.74. The Labute approximate surface area is 148 Å². The lowest BCUT2D eigenvalue weighted by Crippen LogP contribution is -2.24. The lowest BCUT2D eigenvalue weighted by Gasteiger charge is -2.11. The molecule has 0 heterocycles. The Hall–Kier alpha value is -1.77. The highest BCUT2D eigenvalue weighted by Gasteiger charge is 2.19. The Bertz CT molecular complexity index is 885. The summed E-state index contributed by atoms with van der Waals surface area (Å²) < 4.78 is 41.1. The number of rotatable bonds is 5. The van der Waals surface area contributed by atoms with Gasteiger partial charge in [-0.05, 0) is 42.8 Å². The third-order valence-corrected chi connectivity index (χ3v) is 5.31. The van der Waals surface area contributed by atoms with E-state index in [-0.39, 0.29) is 17.0 Å². The molecular weight excluding hydrogens is 399 g/mol. The summed E-state index contributed by atoms with van der Waals surface area (Å²) in [5.41, 5.74) is 0.963.